The molecule has 1 fully saturated rings. The smallest absolute Gasteiger partial charge is 0.181 e. The second-order valence-electron chi connectivity index (χ2n) is 3.20. The number of hydrogen-bond acceptors (Lipinski definition) is 3. The molecule has 0 aliphatic carbocycles. The van der Waals surface area contributed by atoms with E-state index in [0.717, 1.165) is 37.3 Å². The maximum Gasteiger partial charge on any atom is 0.181 e. The summed E-state index contributed by atoms with van der Waals surface area (Å²) in [6.07, 6.45) is 4.82. The standard InChI is InChI=1S/C9H12ClNO2/c10-5-8-9(13-6-11-8)4-7-2-1-3-12-7/h6-7H,1-5H2. The lowest BCUT2D eigenvalue weighted by Crippen LogP contribution is -2.09. The van der Waals surface area contributed by atoms with Gasteiger partial charge in [0.25, 0.3) is 0 Å². The van der Waals surface area contributed by atoms with Crippen LogP contribution >= 0.6 is 11.6 Å². The first-order valence-electron chi connectivity index (χ1n) is 4.49. The zero-order valence-electron chi connectivity index (χ0n) is 7.33. The van der Waals surface area contributed by atoms with Crippen LogP contribution in [-0.2, 0) is 17.0 Å². The Morgan fingerprint density at radius 1 is 1.62 bits per heavy atom. The topological polar surface area (TPSA) is 35.3 Å². The molecule has 4 heteroatoms. The van der Waals surface area contributed by atoms with Gasteiger partial charge in [0.2, 0.25) is 0 Å². The summed E-state index contributed by atoms with van der Waals surface area (Å²) in [7, 11) is 0. The Hall–Kier alpha value is -0.540. The summed E-state index contributed by atoms with van der Waals surface area (Å²) in [5.74, 6) is 1.29. The number of nitrogens with zero attached hydrogens (tertiary/aromatic N) is 1. The maximum absolute atomic E-state index is 5.70. The molecular weight excluding hydrogens is 190 g/mol. The van der Waals surface area contributed by atoms with Gasteiger partial charge in [0.1, 0.15) is 5.76 Å². The Kier molecular flexibility index (Phi) is 2.86. The van der Waals surface area contributed by atoms with E-state index in [4.69, 9.17) is 20.8 Å². The molecule has 1 atom stereocenters. The highest BCUT2D eigenvalue weighted by Gasteiger charge is 2.19. The van der Waals surface area contributed by atoms with Gasteiger partial charge in [-0.3, -0.25) is 0 Å². The van der Waals surface area contributed by atoms with Gasteiger partial charge < -0.3 is 9.15 Å². The fraction of sp³-hybridized carbons (Fsp3) is 0.667. The molecule has 0 N–H and O–H groups in total. The van der Waals surface area contributed by atoms with E-state index in [9.17, 15) is 0 Å². The van der Waals surface area contributed by atoms with Gasteiger partial charge in [-0.2, -0.15) is 0 Å². The average Bonchev–Trinajstić information content (AvgIpc) is 2.76. The summed E-state index contributed by atoms with van der Waals surface area (Å²) in [5, 5.41) is 0. The van der Waals surface area contributed by atoms with Gasteiger partial charge in [-0.05, 0) is 12.8 Å². The number of ether oxygens (including phenoxy) is 1. The van der Waals surface area contributed by atoms with Crippen LogP contribution in [-0.4, -0.2) is 17.7 Å². The third kappa shape index (κ3) is 2.03. The van der Waals surface area contributed by atoms with Crippen molar-refractivity contribution < 1.29 is 9.15 Å². The van der Waals surface area contributed by atoms with E-state index in [-0.39, 0.29) is 0 Å². The summed E-state index contributed by atoms with van der Waals surface area (Å²) in [4.78, 5) is 4.02. The quantitative estimate of drug-likeness (QED) is 0.703. The molecule has 1 saturated heterocycles. The van der Waals surface area contributed by atoms with E-state index in [1.54, 1.807) is 0 Å². The van der Waals surface area contributed by atoms with Crippen LogP contribution in [0, 0.1) is 0 Å². The fourth-order valence-corrected chi connectivity index (χ4v) is 1.80. The van der Waals surface area contributed by atoms with E-state index in [1.807, 2.05) is 0 Å². The molecule has 0 bridgehead atoms. The van der Waals surface area contributed by atoms with Gasteiger partial charge in [0, 0.05) is 13.0 Å². The predicted molar refractivity (Wildman–Crippen MR) is 48.7 cm³/mol. The Morgan fingerprint density at radius 3 is 3.23 bits per heavy atom. The normalized spacial score (nSPS) is 22.4. The molecule has 1 unspecified atom stereocenters. The summed E-state index contributed by atoms with van der Waals surface area (Å²) >= 11 is 5.70. The molecule has 0 amide bonds. The number of halogens is 1. The van der Waals surface area contributed by atoms with Gasteiger partial charge in [-0.15, -0.1) is 11.6 Å². The molecule has 0 spiro atoms. The maximum atomic E-state index is 5.70. The van der Waals surface area contributed by atoms with Crippen molar-refractivity contribution in [2.75, 3.05) is 6.61 Å². The average molecular weight is 202 g/mol. The number of alkyl halides is 1. The van der Waals surface area contributed by atoms with Crippen LogP contribution < -0.4 is 0 Å². The Morgan fingerprint density at radius 2 is 2.54 bits per heavy atom. The molecular formula is C9H12ClNO2. The zero-order chi connectivity index (χ0) is 9.10. The molecule has 1 aromatic heterocycles. The summed E-state index contributed by atoms with van der Waals surface area (Å²) in [6, 6.07) is 0. The predicted octanol–water partition coefficient (Wildman–Crippen LogP) is 2.13. The van der Waals surface area contributed by atoms with Crippen molar-refractivity contribution in [3.8, 4) is 0 Å². The number of aromatic nitrogens is 1. The molecule has 2 rings (SSSR count). The summed E-state index contributed by atoms with van der Waals surface area (Å²) < 4.78 is 10.7. The largest absolute Gasteiger partial charge is 0.448 e. The van der Waals surface area contributed by atoms with Crippen molar-refractivity contribution >= 4 is 11.6 Å². The Bertz CT molecular complexity index is 268. The van der Waals surface area contributed by atoms with Crippen molar-refractivity contribution in [2.45, 2.75) is 31.2 Å². The lowest BCUT2D eigenvalue weighted by molar-refractivity contribution is 0.107. The van der Waals surface area contributed by atoms with Crippen LogP contribution in [0.2, 0.25) is 0 Å². The van der Waals surface area contributed by atoms with Gasteiger partial charge in [0.05, 0.1) is 17.7 Å². The highest BCUT2D eigenvalue weighted by Crippen LogP contribution is 2.19. The van der Waals surface area contributed by atoms with Gasteiger partial charge >= 0.3 is 0 Å². The molecule has 2 heterocycles. The Balaban J connectivity index is 1.99. The van der Waals surface area contributed by atoms with Crippen LogP contribution in [0.25, 0.3) is 0 Å². The molecule has 3 nitrogen and oxygen atoms in total. The molecule has 0 radical (unpaired) electrons. The number of rotatable bonds is 3. The van der Waals surface area contributed by atoms with E-state index < -0.39 is 0 Å². The van der Waals surface area contributed by atoms with Crippen molar-refractivity contribution in [3.63, 3.8) is 0 Å². The van der Waals surface area contributed by atoms with Gasteiger partial charge in [0.15, 0.2) is 6.39 Å². The Labute approximate surface area is 82.0 Å². The van der Waals surface area contributed by atoms with Gasteiger partial charge in [-0.25, -0.2) is 4.98 Å². The number of hydrogen-bond donors (Lipinski definition) is 0. The third-order valence-electron chi connectivity index (χ3n) is 2.29. The van der Waals surface area contributed by atoms with Gasteiger partial charge in [-0.1, -0.05) is 0 Å². The number of oxazole rings is 1. The van der Waals surface area contributed by atoms with Crippen LogP contribution in [0.15, 0.2) is 10.8 Å². The lowest BCUT2D eigenvalue weighted by atomic mass is 10.1. The third-order valence-corrected chi connectivity index (χ3v) is 2.54. The van der Waals surface area contributed by atoms with Crippen molar-refractivity contribution in [3.05, 3.63) is 17.8 Å². The monoisotopic (exact) mass is 201 g/mol. The highest BCUT2D eigenvalue weighted by atomic mass is 35.5. The molecule has 0 saturated carbocycles. The highest BCUT2D eigenvalue weighted by molar-refractivity contribution is 6.16. The van der Waals surface area contributed by atoms with Crippen LogP contribution in [0.1, 0.15) is 24.3 Å². The van der Waals surface area contributed by atoms with E-state index >= 15 is 0 Å². The van der Waals surface area contributed by atoms with E-state index in [1.165, 1.54) is 6.39 Å². The fourth-order valence-electron chi connectivity index (χ4n) is 1.58. The molecule has 1 aliphatic rings. The molecule has 1 aromatic rings. The second kappa shape index (κ2) is 4.11. The van der Waals surface area contributed by atoms with Crippen LogP contribution in [0.4, 0.5) is 0 Å². The minimum absolute atomic E-state index is 0.301. The lowest BCUT2D eigenvalue weighted by Gasteiger charge is -2.06. The van der Waals surface area contributed by atoms with Crippen LogP contribution in [0.3, 0.4) is 0 Å². The second-order valence-corrected chi connectivity index (χ2v) is 3.46. The van der Waals surface area contributed by atoms with E-state index in [2.05, 4.69) is 4.98 Å². The summed E-state index contributed by atoms with van der Waals surface area (Å²) in [6.45, 7) is 0.870. The first-order valence-corrected chi connectivity index (χ1v) is 5.02. The molecule has 72 valence electrons. The minimum Gasteiger partial charge on any atom is -0.448 e. The minimum atomic E-state index is 0.301. The molecule has 13 heavy (non-hydrogen) atoms. The SMILES string of the molecule is ClCc1ncoc1CC1CCCO1. The van der Waals surface area contributed by atoms with Crippen molar-refractivity contribution in [1.82, 2.24) is 4.98 Å². The molecule has 0 aromatic carbocycles. The first kappa shape index (κ1) is 9.03. The zero-order valence-corrected chi connectivity index (χ0v) is 8.09. The van der Waals surface area contributed by atoms with Crippen molar-refractivity contribution in [1.29, 1.82) is 0 Å². The summed E-state index contributed by atoms with van der Waals surface area (Å²) in [5.41, 5.74) is 0.845. The van der Waals surface area contributed by atoms with E-state index in [0.29, 0.717) is 12.0 Å². The molecule has 1 aliphatic heterocycles. The van der Waals surface area contributed by atoms with Crippen LogP contribution in [0.5, 0.6) is 0 Å². The first-order chi connectivity index (χ1) is 6.40. The van der Waals surface area contributed by atoms with Crippen molar-refractivity contribution in [2.24, 2.45) is 0 Å².